The maximum Gasteiger partial charge on any atom is 0.405 e. The number of carboxylic acid groups (broad SMARTS) is 1. The molecule has 0 aromatic heterocycles. The second-order valence-electron chi connectivity index (χ2n) is 7.66. The van der Waals surface area contributed by atoms with Crippen LogP contribution in [0.15, 0.2) is 29.8 Å². The minimum absolute atomic E-state index is 0.103. The van der Waals surface area contributed by atoms with Gasteiger partial charge < -0.3 is 15.7 Å². The zero-order valence-corrected chi connectivity index (χ0v) is 16.4. The van der Waals surface area contributed by atoms with Gasteiger partial charge in [0.15, 0.2) is 0 Å². The Hall–Kier alpha value is -2.29. The van der Waals surface area contributed by atoms with E-state index in [1.165, 1.54) is 12.1 Å². The van der Waals surface area contributed by atoms with Gasteiger partial charge in [0.05, 0.1) is 8.07 Å². The van der Waals surface area contributed by atoms with Crippen LogP contribution in [0.2, 0.25) is 19.6 Å². The molecule has 0 heterocycles. The average Bonchev–Trinajstić information content (AvgIpc) is 2.51. The highest BCUT2D eigenvalue weighted by Crippen LogP contribution is 2.33. The summed E-state index contributed by atoms with van der Waals surface area (Å²) in [6, 6.07) is 3.04. The Morgan fingerprint density at radius 3 is 2.41 bits per heavy atom. The predicted octanol–water partition coefficient (Wildman–Crippen LogP) is 3.69. The van der Waals surface area contributed by atoms with Crippen LogP contribution < -0.4 is 15.8 Å². The Morgan fingerprint density at radius 1 is 1.26 bits per heavy atom. The summed E-state index contributed by atoms with van der Waals surface area (Å²) in [6.45, 7) is 5.96. The topological polar surface area (TPSA) is 78.4 Å². The highest BCUT2D eigenvalue weighted by molar-refractivity contribution is 6.88. The fourth-order valence-electron chi connectivity index (χ4n) is 2.94. The van der Waals surface area contributed by atoms with Gasteiger partial charge in [-0.25, -0.2) is 18.0 Å². The summed E-state index contributed by atoms with van der Waals surface area (Å²) >= 11 is 0. The molecule has 0 bridgehead atoms. The number of benzene rings is 1. The van der Waals surface area contributed by atoms with E-state index in [0.717, 1.165) is 0 Å². The third-order valence-electron chi connectivity index (χ3n) is 4.39. The van der Waals surface area contributed by atoms with Gasteiger partial charge in [-0.2, -0.15) is 0 Å². The van der Waals surface area contributed by atoms with Crippen molar-refractivity contribution in [2.45, 2.75) is 50.9 Å². The molecule has 0 aliphatic heterocycles. The molecule has 27 heavy (non-hydrogen) atoms. The standard InChI is InChI=1S/C18H23F3N2O3Si/c1-27(2,3)14-5-4-12(10-13(14)19)22-16(24)15(23-17(25)26)11-6-8-18(20,21)9-7-11/h4-6,10,15,23H,7-9H2,1-3H3,(H,22,24)(H,25,26). The van der Waals surface area contributed by atoms with Gasteiger partial charge in [-0.05, 0) is 29.3 Å². The van der Waals surface area contributed by atoms with Crippen molar-refractivity contribution in [3.05, 3.63) is 35.7 Å². The second kappa shape index (κ2) is 7.75. The molecule has 0 saturated carbocycles. The van der Waals surface area contributed by atoms with Gasteiger partial charge >= 0.3 is 6.09 Å². The third-order valence-corrected chi connectivity index (χ3v) is 6.41. The number of carbonyl (C=O) groups is 2. The number of alkyl halides is 2. The van der Waals surface area contributed by atoms with Crippen LogP contribution in [0.25, 0.3) is 0 Å². The van der Waals surface area contributed by atoms with Crippen molar-refractivity contribution in [3.8, 4) is 0 Å². The summed E-state index contributed by atoms with van der Waals surface area (Å²) in [4.78, 5) is 23.5. The zero-order chi connectivity index (χ0) is 20.4. The molecule has 0 spiro atoms. The van der Waals surface area contributed by atoms with Crippen molar-refractivity contribution in [1.82, 2.24) is 5.32 Å². The van der Waals surface area contributed by atoms with E-state index < -0.39 is 50.7 Å². The monoisotopic (exact) mass is 400 g/mol. The maximum absolute atomic E-state index is 14.3. The molecule has 1 atom stereocenters. The number of nitrogens with one attached hydrogen (secondary N) is 2. The molecule has 2 rings (SSSR count). The lowest BCUT2D eigenvalue weighted by Crippen LogP contribution is -2.45. The SMILES string of the molecule is C[Si](C)(C)c1ccc(NC(=O)C(NC(=O)O)C2=CCC(F)(F)CC2)cc1F. The van der Waals surface area contributed by atoms with Gasteiger partial charge in [0.1, 0.15) is 11.9 Å². The molecule has 9 heteroatoms. The molecule has 1 aliphatic rings. The highest BCUT2D eigenvalue weighted by Gasteiger charge is 2.35. The maximum atomic E-state index is 14.3. The van der Waals surface area contributed by atoms with Crippen molar-refractivity contribution in [3.63, 3.8) is 0 Å². The number of allylic oxidation sites excluding steroid dienone is 1. The van der Waals surface area contributed by atoms with Crippen molar-refractivity contribution in [2.75, 3.05) is 5.32 Å². The number of hydrogen-bond acceptors (Lipinski definition) is 2. The van der Waals surface area contributed by atoms with Gasteiger partial charge in [0, 0.05) is 18.5 Å². The first-order valence-corrected chi connectivity index (χ1v) is 12.1. The molecule has 2 amide bonds. The van der Waals surface area contributed by atoms with Gasteiger partial charge in [0.2, 0.25) is 0 Å². The first-order valence-electron chi connectivity index (χ1n) is 8.56. The van der Waals surface area contributed by atoms with Gasteiger partial charge in [-0.3, -0.25) is 4.79 Å². The van der Waals surface area contributed by atoms with Crippen LogP contribution in [0.5, 0.6) is 0 Å². The Bertz CT molecular complexity index is 776. The van der Waals surface area contributed by atoms with E-state index in [1.807, 2.05) is 19.6 Å². The number of hydrogen-bond donors (Lipinski definition) is 3. The quantitative estimate of drug-likeness (QED) is 0.521. The fourth-order valence-corrected chi connectivity index (χ4v) is 4.31. The Labute approximate surface area is 156 Å². The van der Waals surface area contributed by atoms with E-state index >= 15 is 0 Å². The van der Waals surface area contributed by atoms with Crippen molar-refractivity contribution >= 4 is 30.9 Å². The highest BCUT2D eigenvalue weighted by atomic mass is 28.3. The van der Waals surface area contributed by atoms with E-state index in [0.29, 0.717) is 5.19 Å². The first kappa shape index (κ1) is 21.0. The number of rotatable bonds is 5. The molecule has 1 unspecified atom stereocenters. The minimum atomic E-state index is -2.86. The van der Waals surface area contributed by atoms with Crippen LogP contribution in [-0.2, 0) is 4.79 Å². The van der Waals surface area contributed by atoms with Crippen molar-refractivity contribution in [1.29, 1.82) is 0 Å². The van der Waals surface area contributed by atoms with E-state index in [4.69, 9.17) is 5.11 Å². The van der Waals surface area contributed by atoms with Crippen LogP contribution in [0.1, 0.15) is 19.3 Å². The van der Waals surface area contributed by atoms with Crippen molar-refractivity contribution < 1.29 is 27.9 Å². The van der Waals surface area contributed by atoms with E-state index in [1.54, 1.807) is 12.1 Å². The lowest BCUT2D eigenvalue weighted by atomic mass is 9.91. The van der Waals surface area contributed by atoms with Crippen LogP contribution in [0.4, 0.5) is 23.7 Å². The smallest absolute Gasteiger partial charge is 0.405 e. The van der Waals surface area contributed by atoms with Crippen LogP contribution >= 0.6 is 0 Å². The molecule has 0 fully saturated rings. The third kappa shape index (κ3) is 5.59. The Kier molecular flexibility index (Phi) is 6.03. The molecule has 1 aromatic rings. The van der Waals surface area contributed by atoms with Crippen LogP contribution in [-0.4, -0.2) is 37.1 Å². The zero-order valence-electron chi connectivity index (χ0n) is 15.4. The van der Waals surface area contributed by atoms with Gasteiger partial charge in [-0.1, -0.05) is 31.8 Å². The molecule has 0 saturated heterocycles. The largest absolute Gasteiger partial charge is 0.465 e. The molecule has 5 nitrogen and oxygen atoms in total. The molecular formula is C18H23F3N2O3Si. The normalized spacial score (nSPS) is 17.6. The molecule has 0 radical (unpaired) electrons. The van der Waals surface area contributed by atoms with E-state index in [-0.39, 0.29) is 17.7 Å². The molecule has 3 N–H and O–H groups in total. The number of carbonyl (C=O) groups excluding carboxylic acids is 1. The predicted molar refractivity (Wildman–Crippen MR) is 99.8 cm³/mol. The van der Waals surface area contributed by atoms with Crippen LogP contribution in [0.3, 0.4) is 0 Å². The lowest BCUT2D eigenvalue weighted by Gasteiger charge is -2.26. The van der Waals surface area contributed by atoms with Gasteiger partial charge in [-0.15, -0.1) is 0 Å². The molecule has 1 aliphatic carbocycles. The molecular weight excluding hydrogens is 377 g/mol. The number of halogens is 3. The molecule has 1 aromatic carbocycles. The average molecular weight is 400 g/mol. The molecule has 148 valence electrons. The van der Waals surface area contributed by atoms with E-state index in [2.05, 4.69) is 10.6 Å². The summed E-state index contributed by atoms with van der Waals surface area (Å²) in [5, 5.41) is 14.1. The minimum Gasteiger partial charge on any atom is -0.465 e. The first-order chi connectivity index (χ1) is 12.4. The lowest BCUT2D eigenvalue weighted by molar-refractivity contribution is -0.117. The Balaban J connectivity index is 2.20. The van der Waals surface area contributed by atoms with E-state index in [9.17, 15) is 22.8 Å². The van der Waals surface area contributed by atoms with Crippen LogP contribution in [0, 0.1) is 5.82 Å². The number of anilines is 1. The van der Waals surface area contributed by atoms with Gasteiger partial charge in [0.25, 0.3) is 11.8 Å². The summed E-state index contributed by atoms with van der Waals surface area (Å²) in [6.07, 6.45) is -1.36. The Morgan fingerprint density at radius 2 is 1.93 bits per heavy atom. The van der Waals surface area contributed by atoms with Crippen molar-refractivity contribution in [2.24, 2.45) is 0 Å². The summed E-state index contributed by atoms with van der Waals surface area (Å²) in [5.41, 5.74) is 0.457. The summed E-state index contributed by atoms with van der Waals surface area (Å²) < 4.78 is 40.9. The number of amides is 2. The fraction of sp³-hybridized carbons (Fsp3) is 0.444. The summed E-state index contributed by atoms with van der Waals surface area (Å²) in [5.74, 6) is -4.04. The second-order valence-corrected chi connectivity index (χ2v) is 12.7. The summed E-state index contributed by atoms with van der Waals surface area (Å²) in [7, 11) is -1.88.